The number of nitrogens with two attached hydrogens (primary N) is 1. The molecule has 0 aromatic heterocycles. The Bertz CT molecular complexity index is 535. The molecule has 2 rings (SSSR count). The van der Waals surface area contributed by atoms with Crippen molar-refractivity contribution in [2.75, 3.05) is 19.7 Å². The highest BCUT2D eigenvalue weighted by Crippen LogP contribution is 2.19. The second-order valence-electron chi connectivity index (χ2n) is 5.33. The topological polar surface area (TPSA) is 72.6 Å². The van der Waals surface area contributed by atoms with E-state index in [1.54, 1.807) is 4.31 Å². The quantitative estimate of drug-likeness (QED) is 0.863. The van der Waals surface area contributed by atoms with E-state index >= 15 is 0 Å². The van der Waals surface area contributed by atoms with Gasteiger partial charge in [0.2, 0.25) is 10.0 Å². The van der Waals surface area contributed by atoms with Gasteiger partial charge in [-0.05, 0) is 30.9 Å². The van der Waals surface area contributed by atoms with Crippen molar-refractivity contribution in [1.82, 2.24) is 4.31 Å². The lowest BCUT2D eigenvalue weighted by molar-refractivity contribution is 0.0290. The van der Waals surface area contributed by atoms with Crippen molar-refractivity contribution in [3.63, 3.8) is 0 Å². The molecule has 1 aromatic rings. The highest BCUT2D eigenvalue weighted by atomic mass is 32.2. The minimum Gasteiger partial charge on any atom is -0.378 e. The van der Waals surface area contributed by atoms with Crippen molar-refractivity contribution >= 4 is 10.0 Å². The van der Waals surface area contributed by atoms with Crippen LogP contribution in [0.2, 0.25) is 0 Å². The molecule has 0 atom stereocenters. The number of ether oxygens (including phenoxy) is 1. The van der Waals surface area contributed by atoms with E-state index in [2.05, 4.69) is 0 Å². The van der Waals surface area contributed by atoms with Crippen LogP contribution >= 0.6 is 0 Å². The first kappa shape index (κ1) is 16.4. The average molecular weight is 312 g/mol. The summed E-state index contributed by atoms with van der Waals surface area (Å²) in [5.74, 6) is 0.0527. The molecule has 118 valence electrons. The Morgan fingerprint density at radius 2 is 1.76 bits per heavy atom. The van der Waals surface area contributed by atoms with Crippen molar-refractivity contribution in [3.8, 4) is 0 Å². The predicted octanol–water partition coefficient (Wildman–Crippen LogP) is 1.48. The summed E-state index contributed by atoms with van der Waals surface area (Å²) in [5.41, 5.74) is 7.36. The number of nitrogens with zero attached hydrogens (tertiary/aromatic N) is 1. The normalized spacial score (nSPS) is 18.0. The smallest absolute Gasteiger partial charge is 0.218 e. The Morgan fingerprint density at radius 1 is 1.19 bits per heavy atom. The molecule has 5 nitrogen and oxygen atoms in total. The van der Waals surface area contributed by atoms with Gasteiger partial charge < -0.3 is 10.5 Å². The summed E-state index contributed by atoms with van der Waals surface area (Å²) in [5, 5.41) is 0. The molecule has 1 aliphatic rings. The molecule has 1 aliphatic heterocycles. The molecular formula is C15H24N2O3S. The maximum atomic E-state index is 12.4. The number of rotatable bonds is 6. The van der Waals surface area contributed by atoms with Crippen LogP contribution in [0, 0.1) is 0 Å². The van der Waals surface area contributed by atoms with Crippen molar-refractivity contribution < 1.29 is 13.2 Å². The van der Waals surface area contributed by atoms with Gasteiger partial charge in [0.1, 0.15) is 0 Å². The molecular weight excluding hydrogens is 288 g/mol. The highest BCUT2D eigenvalue weighted by molar-refractivity contribution is 7.88. The van der Waals surface area contributed by atoms with Crippen LogP contribution in [0.3, 0.4) is 0 Å². The number of sulfonamides is 1. The van der Waals surface area contributed by atoms with Gasteiger partial charge >= 0.3 is 0 Å². The van der Waals surface area contributed by atoms with Crippen molar-refractivity contribution in [1.29, 1.82) is 0 Å². The summed E-state index contributed by atoms with van der Waals surface area (Å²) in [6.07, 6.45) is 1.75. The number of piperidine rings is 1. The van der Waals surface area contributed by atoms with E-state index < -0.39 is 10.0 Å². The molecule has 1 heterocycles. The van der Waals surface area contributed by atoms with E-state index in [1.807, 2.05) is 31.2 Å². The van der Waals surface area contributed by atoms with Gasteiger partial charge in [0.25, 0.3) is 0 Å². The van der Waals surface area contributed by atoms with Crippen LogP contribution < -0.4 is 5.73 Å². The number of benzene rings is 1. The van der Waals surface area contributed by atoms with Gasteiger partial charge in [-0.3, -0.25) is 0 Å². The summed E-state index contributed by atoms with van der Waals surface area (Å²) < 4.78 is 32.0. The average Bonchev–Trinajstić information content (AvgIpc) is 2.48. The molecule has 1 aromatic carbocycles. The Labute approximate surface area is 127 Å². The van der Waals surface area contributed by atoms with E-state index in [4.69, 9.17) is 10.5 Å². The summed E-state index contributed by atoms with van der Waals surface area (Å²) in [6.45, 7) is 4.22. The van der Waals surface area contributed by atoms with Gasteiger partial charge in [0, 0.05) is 26.2 Å². The van der Waals surface area contributed by atoms with Crippen LogP contribution in [0.4, 0.5) is 0 Å². The molecule has 0 spiro atoms. The minimum atomic E-state index is -3.25. The first-order valence-corrected chi connectivity index (χ1v) is 9.03. The van der Waals surface area contributed by atoms with Gasteiger partial charge in [-0.25, -0.2) is 12.7 Å². The monoisotopic (exact) mass is 312 g/mol. The first-order chi connectivity index (χ1) is 10.0. The van der Waals surface area contributed by atoms with Gasteiger partial charge in [-0.15, -0.1) is 0 Å². The van der Waals surface area contributed by atoms with E-state index in [0.717, 1.165) is 24.0 Å². The fourth-order valence-corrected chi connectivity index (χ4v) is 4.15. The molecule has 1 fully saturated rings. The van der Waals surface area contributed by atoms with Crippen LogP contribution in [-0.2, 0) is 27.1 Å². The number of hydrogen-bond acceptors (Lipinski definition) is 4. The Hall–Kier alpha value is -0.950. The van der Waals surface area contributed by atoms with E-state index in [0.29, 0.717) is 26.2 Å². The third-order valence-corrected chi connectivity index (χ3v) is 5.65. The fourth-order valence-electron chi connectivity index (χ4n) is 2.59. The zero-order valence-corrected chi connectivity index (χ0v) is 13.3. The van der Waals surface area contributed by atoms with Crippen LogP contribution in [0.5, 0.6) is 0 Å². The van der Waals surface area contributed by atoms with Crippen LogP contribution in [0.25, 0.3) is 0 Å². The molecule has 21 heavy (non-hydrogen) atoms. The molecule has 0 radical (unpaired) electrons. The van der Waals surface area contributed by atoms with Gasteiger partial charge in [0.15, 0.2) is 0 Å². The Morgan fingerprint density at radius 3 is 2.29 bits per heavy atom. The zero-order valence-electron chi connectivity index (χ0n) is 12.5. The lowest BCUT2D eigenvalue weighted by Gasteiger charge is -2.31. The maximum Gasteiger partial charge on any atom is 0.218 e. The summed E-state index contributed by atoms with van der Waals surface area (Å²) in [7, 11) is -3.25. The zero-order chi connectivity index (χ0) is 15.3. The van der Waals surface area contributed by atoms with Crippen LogP contribution in [-0.4, -0.2) is 38.5 Å². The van der Waals surface area contributed by atoms with Crippen molar-refractivity contribution in [2.45, 2.75) is 38.2 Å². The lowest BCUT2D eigenvalue weighted by atomic mass is 10.1. The number of hydrogen-bond donors (Lipinski definition) is 1. The minimum absolute atomic E-state index is 0.0527. The van der Waals surface area contributed by atoms with Gasteiger partial charge in [-0.2, -0.15) is 0 Å². The van der Waals surface area contributed by atoms with Crippen molar-refractivity contribution in [2.24, 2.45) is 5.73 Å². The molecule has 0 saturated carbocycles. The molecule has 1 saturated heterocycles. The summed E-state index contributed by atoms with van der Waals surface area (Å²) in [4.78, 5) is 0. The van der Waals surface area contributed by atoms with Crippen LogP contribution in [0.15, 0.2) is 24.3 Å². The van der Waals surface area contributed by atoms with Gasteiger partial charge in [-0.1, -0.05) is 24.3 Å². The second kappa shape index (κ2) is 7.35. The maximum absolute atomic E-state index is 12.4. The second-order valence-corrected chi connectivity index (χ2v) is 7.30. The molecule has 6 heteroatoms. The highest BCUT2D eigenvalue weighted by Gasteiger charge is 2.28. The standard InChI is InChI=1S/C15H24N2O3S/c1-2-20-15-7-9-17(10-8-15)21(18,19)12-14-5-3-13(11-16)4-6-14/h3-6,15H,2,7-12,16H2,1H3. The molecule has 0 amide bonds. The van der Waals surface area contributed by atoms with E-state index in [9.17, 15) is 8.42 Å². The van der Waals surface area contributed by atoms with E-state index in [1.165, 1.54) is 0 Å². The molecule has 0 aliphatic carbocycles. The van der Waals surface area contributed by atoms with Gasteiger partial charge in [0.05, 0.1) is 11.9 Å². The molecule has 2 N–H and O–H groups in total. The predicted molar refractivity (Wildman–Crippen MR) is 83.2 cm³/mol. The Balaban J connectivity index is 1.95. The van der Waals surface area contributed by atoms with Crippen molar-refractivity contribution in [3.05, 3.63) is 35.4 Å². The first-order valence-electron chi connectivity index (χ1n) is 7.42. The third kappa shape index (κ3) is 4.51. The SMILES string of the molecule is CCOC1CCN(S(=O)(=O)Cc2ccc(CN)cc2)CC1. The molecule has 0 bridgehead atoms. The molecule has 0 unspecified atom stereocenters. The summed E-state index contributed by atoms with van der Waals surface area (Å²) in [6, 6.07) is 7.44. The summed E-state index contributed by atoms with van der Waals surface area (Å²) >= 11 is 0. The van der Waals surface area contributed by atoms with Crippen LogP contribution in [0.1, 0.15) is 30.9 Å². The van der Waals surface area contributed by atoms with E-state index in [-0.39, 0.29) is 11.9 Å². The largest absolute Gasteiger partial charge is 0.378 e. The lowest BCUT2D eigenvalue weighted by Crippen LogP contribution is -2.41. The Kier molecular flexibility index (Phi) is 5.75. The third-order valence-electron chi connectivity index (χ3n) is 3.80. The fraction of sp³-hybridized carbons (Fsp3) is 0.600.